The predicted molar refractivity (Wildman–Crippen MR) is 106 cm³/mol. The first-order valence-corrected chi connectivity index (χ1v) is 9.22. The Labute approximate surface area is 169 Å². The maximum absolute atomic E-state index is 12.7. The van der Waals surface area contributed by atoms with E-state index in [1.54, 1.807) is 26.4 Å². The lowest BCUT2D eigenvalue weighted by atomic mass is 10.0. The van der Waals surface area contributed by atoms with Crippen LogP contribution in [0.1, 0.15) is 35.6 Å². The molecule has 0 aromatic heterocycles. The number of benzene rings is 2. The van der Waals surface area contributed by atoms with Crippen molar-refractivity contribution in [3.8, 4) is 11.5 Å². The highest BCUT2D eigenvalue weighted by Crippen LogP contribution is 2.36. The normalized spacial score (nSPS) is 15.5. The van der Waals surface area contributed by atoms with E-state index in [0.717, 1.165) is 22.4 Å². The summed E-state index contributed by atoms with van der Waals surface area (Å²) in [5.41, 5.74) is 6.76. The van der Waals surface area contributed by atoms with Gasteiger partial charge < -0.3 is 19.4 Å². The second-order valence-electron chi connectivity index (χ2n) is 6.75. The third kappa shape index (κ3) is 4.51. The predicted octanol–water partition coefficient (Wildman–Crippen LogP) is 1.97. The van der Waals surface area contributed by atoms with E-state index in [0.29, 0.717) is 11.5 Å². The number of nitrogens with zero attached hydrogens (tertiary/aromatic N) is 1. The summed E-state index contributed by atoms with van der Waals surface area (Å²) < 4.78 is 10.7. The molecule has 29 heavy (non-hydrogen) atoms. The number of hydrogen-bond acceptors (Lipinski definition) is 6. The van der Waals surface area contributed by atoms with E-state index in [4.69, 9.17) is 9.47 Å². The number of ether oxygens (including phenoxy) is 2. The van der Waals surface area contributed by atoms with Crippen LogP contribution >= 0.6 is 0 Å². The van der Waals surface area contributed by atoms with Gasteiger partial charge in [0, 0.05) is 12.4 Å². The molecule has 0 fully saturated rings. The van der Waals surface area contributed by atoms with Gasteiger partial charge in [-0.05, 0) is 42.7 Å². The average molecular weight is 395 g/mol. The monoisotopic (exact) mass is 395 g/mol. The highest BCUT2D eigenvalue weighted by molar-refractivity contribution is 5.83. The number of carboxylic acid groups (broad SMARTS) is 1. The molecule has 1 unspecified atom stereocenters. The molecule has 0 aliphatic carbocycles. The van der Waals surface area contributed by atoms with Crippen LogP contribution in [0.25, 0.3) is 5.70 Å². The standard InChI is InChI=1S/C22H24N2O5/c1-14-4-6-15(7-5-14)17-13-18(24(23-17)21(25)10-11-22(26)27)16-8-9-19(28-2)20(12-16)29-3/h4-9,12-13,18,23H,10-11H2,1-3H3,(H,26,27)/p-1. The average Bonchev–Trinajstić information content (AvgIpc) is 3.17. The number of rotatable bonds is 7. The van der Waals surface area contributed by atoms with E-state index < -0.39 is 12.0 Å². The zero-order chi connectivity index (χ0) is 21.0. The maximum Gasteiger partial charge on any atom is 0.242 e. The molecule has 0 saturated carbocycles. The molecule has 7 heteroatoms. The Morgan fingerprint density at radius 2 is 1.72 bits per heavy atom. The van der Waals surface area contributed by atoms with Gasteiger partial charge >= 0.3 is 0 Å². The van der Waals surface area contributed by atoms with Gasteiger partial charge in [-0.15, -0.1) is 0 Å². The number of nitrogens with one attached hydrogen (secondary N) is 1. The molecule has 0 radical (unpaired) electrons. The Balaban J connectivity index is 1.96. The maximum atomic E-state index is 12.7. The molecule has 0 saturated heterocycles. The number of amides is 1. The molecule has 1 heterocycles. The van der Waals surface area contributed by atoms with Gasteiger partial charge in [-0.25, -0.2) is 5.01 Å². The molecule has 0 bridgehead atoms. The van der Waals surface area contributed by atoms with Crippen LogP contribution in [-0.2, 0) is 9.59 Å². The Kier molecular flexibility index (Phi) is 6.07. The van der Waals surface area contributed by atoms with Gasteiger partial charge in [0.15, 0.2) is 11.5 Å². The fraction of sp³-hybridized carbons (Fsp3) is 0.273. The second-order valence-corrected chi connectivity index (χ2v) is 6.75. The summed E-state index contributed by atoms with van der Waals surface area (Å²) in [6.07, 6.45) is 1.44. The molecule has 1 amide bonds. The SMILES string of the molecule is COc1ccc(C2C=C(c3ccc(C)cc3)NN2C(=O)CCC(=O)[O-])cc1OC. The van der Waals surface area contributed by atoms with Crippen molar-refractivity contribution in [1.29, 1.82) is 0 Å². The molecule has 0 spiro atoms. The lowest BCUT2D eigenvalue weighted by Crippen LogP contribution is -2.40. The van der Waals surface area contributed by atoms with Gasteiger partial charge in [0.25, 0.3) is 0 Å². The number of hydrogen-bond donors (Lipinski definition) is 1. The first-order valence-electron chi connectivity index (χ1n) is 9.22. The van der Waals surface area contributed by atoms with Crippen molar-refractivity contribution in [3.63, 3.8) is 0 Å². The molecule has 1 aliphatic rings. The van der Waals surface area contributed by atoms with Crippen molar-refractivity contribution >= 4 is 17.6 Å². The molecule has 3 rings (SSSR count). The molecule has 2 aromatic carbocycles. The molecule has 1 aliphatic heterocycles. The smallest absolute Gasteiger partial charge is 0.242 e. The number of methoxy groups -OCH3 is 2. The van der Waals surface area contributed by atoms with E-state index >= 15 is 0 Å². The topological polar surface area (TPSA) is 90.9 Å². The van der Waals surface area contributed by atoms with Crippen LogP contribution < -0.4 is 20.0 Å². The van der Waals surface area contributed by atoms with Gasteiger partial charge in [0.2, 0.25) is 5.91 Å². The molecular formula is C22H23N2O5-. The third-order valence-electron chi connectivity index (χ3n) is 4.77. The number of aryl methyl sites for hydroxylation is 1. The van der Waals surface area contributed by atoms with Crippen molar-refractivity contribution in [2.45, 2.75) is 25.8 Å². The van der Waals surface area contributed by atoms with Crippen molar-refractivity contribution in [3.05, 3.63) is 65.2 Å². The minimum absolute atomic E-state index is 0.159. The van der Waals surface area contributed by atoms with Gasteiger partial charge in [0.1, 0.15) is 0 Å². The summed E-state index contributed by atoms with van der Waals surface area (Å²) in [6, 6.07) is 12.9. The first kappa shape index (κ1) is 20.3. The summed E-state index contributed by atoms with van der Waals surface area (Å²) in [5, 5.41) is 12.2. The molecule has 7 nitrogen and oxygen atoms in total. The van der Waals surface area contributed by atoms with Gasteiger partial charge in [-0.1, -0.05) is 35.9 Å². The number of carboxylic acids is 1. The summed E-state index contributed by atoms with van der Waals surface area (Å²) in [6.45, 7) is 2.00. The number of hydrazine groups is 1. The highest BCUT2D eigenvalue weighted by atomic mass is 16.5. The third-order valence-corrected chi connectivity index (χ3v) is 4.77. The van der Waals surface area contributed by atoms with Crippen LogP contribution in [0.3, 0.4) is 0 Å². The van der Waals surface area contributed by atoms with E-state index in [9.17, 15) is 14.7 Å². The summed E-state index contributed by atoms with van der Waals surface area (Å²) in [5.74, 6) is -0.469. The van der Waals surface area contributed by atoms with Crippen LogP contribution in [0.15, 0.2) is 48.5 Å². The molecule has 2 aromatic rings. The summed E-state index contributed by atoms with van der Waals surface area (Å²) in [7, 11) is 3.10. The van der Waals surface area contributed by atoms with Crippen LogP contribution in [0.2, 0.25) is 0 Å². The Morgan fingerprint density at radius 1 is 1.03 bits per heavy atom. The van der Waals surface area contributed by atoms with Gasteiger partial charge in [-0.2, -0.15) is 0 Å². The zero-order valence-corrected chi connectivity index (χ0v) is 16.6. The van der Waals surface area contributed by atoms with Crippen molar-refractivity contribution in [2.75, 3.05) is 14.2 Å². The van der Waals surface area contributed by atoms with Crippen LogP contribution in [0.5, 0.6) is 11.5 Å². The van der Waals surface area contributed by atoms with Crippen molar-refractivity contribution in [1.82, 2.24) is 10.4 Å². The fourth-order valence-corrected chi connectivity index (χ4v) is 3.19. The number of carbonyl (C=O) groups excluding carboxylic acids is 2. The molecule has 1 atom stereocenters. The largest absolute Gasteiger partial charge is 0.550 e. The lowest BCUT2D eigenvalue weighted by molar-refractivity contribution is -0.305. The quantitative estimate of drug-likeness (QED) is 0.771. The number of aliphatic carboxylic acids is 1. The highest BCUT2D eigenvalue weighted by Gasteiger charge is 2.31. The lowest BCUT2D eigenvalue weighted by Gasteiger charge is -2.26. The Morgan fingerprint density at radius 3 is 2.34 bits per heavy atom. The molecule has 1 N–H and O–H groups in total. The second kappa shape index (κ2) is 8.68. The summed E-state index contributed by atoms with van der Waals surface area (Å²) in [4.78, 5) is 23.5. The minimum Gasteiger partial charge on any atom is -0.550 e. The van der Waals surface area contributed by atoms with Crippen LogP contribution in [0.4, 0.5) is 0 Å². The summed E-state index contributed by atoms with van der Waals surface area (Å²) >= 11 is 0. The molecular weight excluding hydrogens is 372 g/mol. The Hall–Kier alpha value is -3.48. The van der Waals surface area contributed by atoms with Crippen LogP contribution in [-0.4, -0.2) is 31.1 Å². The van der Waals surface area contributed by atoms with E-state index in [1.807, 2.05) is 43.3 Å². The van der Waals surface area contributed by atoms with E-state index in [-0.39, 0.29) is 18.7 Å². The Bertz CT molecular complexity index is 937. The number of carbonyl (C=O) groups is 2. The van der Waals surface area contributed by atoms with E-state index in [2.05, 4.69) is 5.43 Å². The van der Waals surface area contributed by atoms with Crippen molar-refractivity contribution < 1.29 is 24.2 Å². The first-order chi connectivity index (χ1) is 13.9. The minimum atomic E-state index is -1.26. The van der Waals surface area contributed by atoms with Crippen LogP contribution in [0, 0.1) is 6.92 Å². The van der Waals surface area contributed by atoms with Crippen molar-refractivity contribution in [2.24, 2.45) is 0 Å². The van der Waals surface area contributed by atoms with Gasteiger partial charge in [-0.3, -0.25) is 10.2 Å². The zero-order valence-electron chi connectivity index (χ0n) is 16.6. The van der Waals surface area contributed by atoms with Gasteiger partial charge in [0.05, 0.1) is 26.0 Å². The fourth-order valence-electron chi connectivity index (χ4n) is 3.19. The molecule has 152 valence electrons. The van der Waals surface area contributed by atoms with E-state index in [1.165, 1.54) is 5.01 Å².